The average molecular weight is 259 g/mol. The molecule has 1 saturated carbocycles. The highest BCUT2D eigenvalue weighted by atomic mass is 16.5. The summed E-state index contributed by atoms with van der Waals surface area (Å²) in [6.45, 7) is 0.650. The van der Waals surface area contributed by atoms with Crippen LogP contribution in [0.15, 0.2) is 12.3 Å². The first-order chi connectivity index (χ1) is 9.24. The van der Waals surface area contributed by atoms with Gasteiger partial charge in [-0.3, -0.25) is 9.48 Å². The highest BCUT2D eigenvalue weighted by molar-refractivity contribution is 5.93. The lowest BCUT2D eigenvalue weighted by Gasteiger charge is -2.18. The summed E-state index contributed by atoms with van der Waals surface area (Å²) in [5.74, 6) is 5.89. The van der Waals surface area contributed by atoms with E-state index in [-0.39, 0.29) is 18.1 Å². The van der Waals surface area contributed by atoms with Crippen molar-refractivity contribution in [3.05, 3.63) is 18.0 Å². The third kappa shape index (κ3) is 2.79. The largest absolute Gasteiger partial charge is 0.370 e. The Hall–Kier alpha value is -1.80. The number of carbonyl (C=O) groups is 1. The normalized spacial score (nSPS) is 25.7. The minimum atomic E-state index is -0.199. The molecule has 1 amide bonds. The first kappa shape index (κ1) is 12.2. The van der Waals surface area contributed by atoms with E-state index in [1.807, 2.05) is 13.1 Å². The first-order valence-corrected chi connectivity index (χ1v) is 6.65. The number of carbonyl (C=O) groups excluding carboxylic acids is 1. The van der Waals surface area contributed by atoms with Gasteiger partial charge in [0.25, 0.3) is 5.91 Å². The van der Waals surface area contributed by atoms with Gasteiger partial charge in [-0.15, -0.1) is 0 Å². The molecule has 0 unspecified atom stereocenters. The predicted octanol–water partition coefficient (Wildman–Crippen LogP) is 0.780. The number of hydrogen-bond acceptors (Lipinski definition) is 3. The summed E-state index contributed by atoms with van der Waals surface area (Å²) in [5.41, 5.74) is 0.984. The van der Waals surface area contributed by atoms with Crippen molar-refractivity contribution in [1.29, 1.82) is 0 Å². The summed E-state index contributed by atoms with van der Waals surface area (Å²) >= 11 is 0. The molecule has 5 heteroatoms. The molecule has 0 spiro atoms. The maximum absolute atomic E-state index is 11.8. The van der Waals surface area contributed by atoms with Crippen molar-refractivity contribution in [1.82, 2.24) is 15.1 Å². The van der Waals surface area contributed by atoms with Crippen LogP contribution in [-0.4, -0.2) is 28.3 Å². The Bertz CT molecular complexity index is 536. The topological polar surface area (TPSA) is 56.1 Å². The van der Waals surface area contributed by atoms with E-state index >= 15 is 0 Å². The molecule has 1 aliphatic heterocycles. The van der Waals surface area contributed by atoms with Crippen molar-refractivity contribution in [3.8, 4) is 11.8 Å². The van der Waals surface area contributed by atoms with E-state index in [4.69, 9.17) is 4.74 Å². The second-order valence-corrected chi connectivity index (χ2v) is 5.08. The van der Waals surface area contributed by atoms with Gasteiger partial charge in [-0.25, -0.2) is 0 Å². The van der Waals surface area contributed by atoms with Crippen LogP contribution in [-0.2, 0) is 16.6 Å². The molecule has 1 aliphatic carbocycles. The second kappa shape index (κ2) is 5.06. The maximum Gasteiger partial charge on any atom is 0.296 e. The monoisotopic (exact) mass is 259 g/mol. The molecule has 0 radical (unpaired) electrons. The van der Waals surface area contributed by atoms with Crippen LogP contribution in [0.1, 0.15) is 31.1 Å². The Kier molecular flexibility index (Phi) is 3.26. The maximum atomic E-state index is 11.8. The molecule has 2 aliphatic rings. The molecule has 2 fully saturated rings. The molecule has 1 aromatic rings. The lowest BCUT2D eigenvalue weighted by molar-refractivity contribution is -0.116. The van der Waals surface area contributed by atoms with Crippen LogP contribution in [0.2, 0.25) is 0 Å². The third-order valence-electron chi connectivity index (χ3n) is 3.53. The third-order valence-corrected chi connectivity index (χ3v) is 3.53. The lowest BCUT2D eigenvalue weighted by atomic mass is 10.1. The number of nitrogens with one attached hydrogen (secondary N) is 1. The minimum absolute atomic E-state index is 0.0172. The molecule has 1 saturated heterocycles. The van der Waals surface area contributed by atoms with E-state index in [1.54, 1.807) is 10.9 Å². The Morgan fingerprint density at radius 1 is 1.53 bits per heavy atom. The van der Waals surface area contributed by atoms with Crippen molar-refractivity contribution in [2.45, 2.75) is 31.4 Å². The van der Waals surface area contributed by atoms with Gasteiger partial charge in [0.15, 0.2) is 0 Å². The fraction of sp³-hybridized carbons (Fsp3) is 0.571. The molecule has 19 heavy (non-hydrogen) atoms. The first-order valence-electron chi connectivity index (χ1n) is 6.65. The summed E-state index contributed by atoms with van der Waals surface area (Å²) in [4.78, 5) is 11.8. The number of nitrogens with zero attached hydrogens (tertiary/aromatic N) is 2. The SMILES string of the molecule is Cn1nccc1[C@H]1OCC[C@@H]1NC(=O)C#CC1CC1. The van der Waals surface area contributed by atoms with Crippen LogP contribution in [0.4, 0.5) is 0 Å². The van der Waals surface area contributed by atoms with Gasteiger partial charge < -0.3 is 10.1 Å². The van der Waals surface area contributed by atoms with Gasteiger partial charge in [0.1, 0.15) is 6.10 Å². The van der Waals surface area contributed by atoms with Gasteiger partial charge in [0.05, 0.1) is 11.7 Å². The van der Waals surface area contributed by atoms with Crippen molar-refractivity contribution in [2.24, 2.45) is 13.0 Å². The number of aromatic nitrogens is 2. The lowest BCUT2D eigenvalue weighted by Crippen LogP contribution is -2.36. The number of rotatable bonds is 2. The highest BCUT2D eigenvalue weighted by Gasteiger charge is 2.32. The fourth-order valence-corrected chi connectivity index (χ4v) is 2.29. The average Bonchev–Trinajstić information content (AvgIpc) is 2.97. The van der Waals surface area contributed by atoms with Crippen LogP contribution in [0.3, 0.4) is 0 Å². The van der Waals surface area contributed by atoms with Gasteiger partial charge in [-0.1, -0.05) is 5.92 Å². The fourth-order valence-electron chi connectivity index (χ4n) is 2.29. The van der Waals surface area contributed by atoms with Crippen LogP contribution < -0.4 is 5.32 Å². The molecule has 5 nitrogen and oxygen atoms in total. The van der Waals surface area contributed by atoms with Crippen molar-refractivity contribution < 1.29 is 9.53 Å². The molecule has 3 rings (SSSR count). The molecule has 1 N–H and O–H groups in total. The van der Waals surface area contributed by atoms with Crippen LogP contribution in [0, 0.1) is 17.8 Å². The zero-order valence-electron chi connectivity index (χ0n) is 10.9. The van der Waals surface area contributed by atoms with Crippen LogP contribution >= 0.6 is 0 Å². The van der Waals surface area contributed by atoms with Gasteiger partial charge in [0.2, 0.25) is 0 Å². The molecule has 2 atom stereocenters. The Labute approximate surface area is 112 Å². The number of hydrogen-bond donors (Lipinski definition) is 1. The molecular formula is C14H17N3O2. The number of amides is 1. The summed E-state index contributed by atoms with van der Waals surface area (Å²) in [5, 5.41) is 7.09. The van der Waals surface area contributed by atoms with Gasteiger partial charge >= 0.3 is 0 Å². The summed E-state index contributed by atoms with van der Waals surface area (Å²) < 4.78 is 7.49. The predicted molar refractivity (Wildman–Crippen MR) is 68.9 cm³/mol. The molecule has 1 aromatic heterocycles. The number of ether oxygens (including phenoxy) is 1. The zero-order valence-corrected chi connectivity index (χ0v) is 10.9. The quantitative estimate of drug-likeness (QED) is 0.799. The molecule has 0 aromatic carbocycles. The summed E-state index contributed by atoms with van der Waals surface area (Å²) in [6, 6.07) is 1.90. The number of aryl methyl sites for hydroxylation is 1. The van der Waals surface area contributed by atoms with Crippen LogP contribution in [0.25, 0.3) is 0 Å². The second-order valence-electron chi connectivity index (χ2n) is 5.08. The Morgan fingerprint density at radius 3 is 3.05 bits per heavy atom. The van der Waals surface area contributed by atoms with E-state index in [2.05, 4.69) is 22.3 Å². The van der Waals surface area contributed by atoms with E-state index in [0.717, 1.165) is 25.0 Å². The van der Waals surface area contributed by atoms with Crippen LogP contribution in [0.5, 0.6) is 0 Å². The molecular weight excluding hydrogens is 242 g/mol. The van der Waals surface area contributed by atoms with Crippen molar-refractivity contribution in [3.63, 3.8) is 0 Å². The smallest absolute Gasteiger partial charge is 0.296 e. The minimum Gasteiger partial charge on any atom is -0.370 e. The molecule has 100 valence electrons. The van der Waals surface area contributed by atoms with E-state index in [1.165, 1.54) is 0 Å². The van der Waals surface area contributed by atoms with Gasteiger partial charge in [0, 0.05) is 25.8 Å². The Morgan fingerprint density at radius 2 is 2.37 bits per heavy atom. The zero-order chi connectivity index (χ0) is 13.2. The standard InChI is InChI=1S/C14H17N3O2/c1-17-12(6-8-15-17)14-11(7-9-19-14)16-13(18)5-4-10-2-3-10/h6,8,10-11,14H,2-3,7,9H2,1H3,(H,16,18)/t11-,14-/m0/s1. The molecule has 0 bridgehead atoms. The summed E-state index contributed by atoms with van der Waals surface area (Å²) in [7, 11) is 1.88. The van der Waals surface area contributed by atoms with E-state index in [9.17, 15) is 4.79 Å². The van der Waals surface area contributed by atoms with Crippen molar-refractivity contribution in [2.75, 3.05) is 6.61 Å². The molecule has 2 heterocycles. The summed E-state index contributed by atoms with van der Waals surface area (Å²) in [6.07, 6.45) is 4.68. The highest BCUT2D eigenvalue weighted by Crippen LogP contribution is 2.29. The van der Waals surface area contributed by atoms with Crippen molar-refractivity contribution >= 4 is 5.91 Å². The van der Waals surface area contributed by atoms with Gasteiger partial charge in [-0.05, 0) is 31.2 Å². The van der Waals surface area contributed by atoms with Gasteiger partial charge in [-0.2, -0.15) is 5.10 Å². The van der Waals surface area contributed by atoms with E-state index < -0.39 is 0 Å². The van der Waals surface area contributed by atoms with E-state index in [0.29, 0.717) is 12.5 Å². The Balaban J connectivity index is 1.65.